The smallest absolute Gasteiger partial charge is 0.252 e. The number of aryl methyl sites for hydroxylation is 1. The lowest BCUT2D eigenvalue weighted by molar-refractivity contribution is 0.373. The van der Waals surface area contributed by atoms with E-state index in [9.17, 15) is 0 Å². The Bertz CT molecular complexity index is 900. The molecule has 1 aliphatic heterocycles. The molecule has 0 radical (unpaired) electrons. The second-order valence-electron chi connectivity index (χ2n) is 7.38. The third-order valence-corrected chi connectivity index (χ3v) is 5.14. The number of piperidine rings is 1. The van der Waals surface area contributed by atoms with E-state index in [1.54, 1.807) is 6.33 Å². The molecule has 0 amide bonds. The molecule has 0 spiro atoms. The predicted molar refractivity (Wildman–Crippen MR) is 104 cm³/mol. The summed E-state index contributed by atoms with van der Waals surface area (Å²) in [7, 11) is 4.20. The van der Waals surface area contributed by atoms with Crippen molar-refractivity contribution in [2.45, 2.75) is 38.6 Å². The van der Waals surface area contributed by atoms with Gasteiger partial charge in [-0.2, -0.15) is 4.98 Å². The quantitative estimate of drug-likeness (QED) is 0.660. The van der Waals surface area contributed by atoms with Crippen molar-refractivity contribution in [1.29, 1.82) is 0 Å². The number of nitrogens with zero attached hydrogens (tertiary/aromatic N) is 7. The molecule has 8 heteroatoms. The summed E-state index contributed by atoms with van der Waals surface area (Å²) >= 11 is 0. The van der Waals surface area contributed by atoms with Crippen molar-refractivity contribution in [3.63, 3.8) is 0 Å². The largest absolute Gasteiger partial charge is 0.422 e. The molecule has 1 aliphatic rings. The summed E-state index contributed by atoms with van der Waals surface area (Å²) in [6.45, 7) is 5.85. The maximum absolute atomic E-state index is 5.71. The van der Waals surface area contributed by atoms with E-state index in [4.69, 9.17) is 4.42 Å². The minimum atomic E-state index is 0.387. The first-order chi connectivity index (χ1) is 13.2. The first kappa shape index (κ1) is 17.9. The number of likely N-dealkylation sites (N-methyl/N-ethyl adjacent to an activating group) is 1. The average Bonchev–Trinajstić information content (AvgIpc) is 3.32. The van der Waals surface area contributed by atoms with Crippen LogP contribution in [0.1, 0.15) is 37.4 Å². The summed E-state index contributed by atoms with van der Waals surface area (Å²) in [5, 5.41) is 0. The van der Waals surface area contributed by atoms with Gasteiger partial charge in [-0.1, -0.05) is 6.92 Å². The summed E-state index contributed by atoms with van der Waals surface area (Å²) in [4.78, 5) is 22.6. The Morgan fingerprint density at radius 2 is 2.15 bits per heavy atom. The molecular weight excluding hydrogens is 342 g/mol. The highest BCUT2D eigenvalue weighted by molar-refractivity contribution is 5.81. The molecule has 0 aromatic carbocycles. The second-order valence-corrected chi connectivity index (χ2v) is 7.38. The first-order valence-corrected chi connectivity index (χ1v) is 9.66. The zero-order chi connectivity index (χ0) is 18.8. The first-order valence-electron chi connectivity index (χ1n) is 9.66. The van der Waals surface area contributed by atoms with E-state index in [1.165, 1.54) is 5.82 Å². The van der Waals surface area contributed by atoms with E-state index < -0.39 is 0 Å². The maximum Gasteiger partial charge on any atom is 0.252 e. The van der Waals surface area contributed by atoms with Crippen molar-refractivity contribution < 1.29 is 4.42 Å². The van der Waals surface area contributed by atoms with Gasteiger partial charge in [0.05, 0.1) is 0 Å². The highest BCUT2D eigenvalue weighted by atomic mass is 16.4. The van der Waals surface area contributed by atoms with Crippen LogP contribution >= 0.6 is 0 Å². The number of imidazole rings is 1. The lowest BCUT2D eigenvalue weighted by Crippen LogP contribution is -2.36. The van der Waals surface area contributed by atoms with Gasteiger partial charge in [0.1, 0.15) is 12.2 Å². The lowest BCUT2D eigenvalue weighted by atomic mass is 9.97. The molecule has 4 rings (SSSR count). The second kappa shape index (κ2) is 7.64. The van der Waals surface area contributed by atoms with Crippen LogP contribution in [0.25, 0.3) is 11.2 Å². The average molecular weight is 369 g/mol. The summed E-state index contributed by atoms with van der Waals surface area (Å²) in [5.74, 6) is 3.14. The van der Waals surface area contributed by atoms with Gasteiger partial charge in [0.15, 0.2) is 17.2 Å². The van der Waals surface area contributed by atoms with E-state index in [0.29, 0.717) is 17.5 Å². The summed E-state index contributed by atoms with van der Waals surface area (Å²) in [6.07, 6.45) is 8.58. The van der Waals surface area contributed by atoms with Crippen LogP contribution in [0.3, 0.4) is 0 Å². The Balaban J connectivity index is 1.57. The van der Waals surface area contributed by atoms with Crippen molar-refractivity contribution in [2.75, 3.05) is 38.6 Å². The fourth-order valence-corrected chi connectivity index (χ4v) is 3.73. The monoisotopic (exact) mass is 369 g/mol. The molecule has 1 fully saturated rings. The lowest BCUT2D eigenvalue weighted by Gasteiger charge is -2.33. The van der Waals surface area contributed by atoms with E-state index in [-0.39, 0.29) is 0 Å². The molecule has 0 unspecified atom stereocenters. The predicted octanol–water partition coefficient (Wildman–Crippen LogP) is 2.32. The van der Waals surface area contributed by atoms with E-state index >= 15 is 0 Å². The van der Waals surface area contributed by atoms with Crippen LogP contribution in [0.2, 0.25) is 0 Å². The number of aromatic nitrogens is 5. The van der Waals surface area contributed by atoms with Gasteiger partial charge < -0.3 is 18.8 Å². The highest BCUT2D eigenvalue weighted by Gasteiger charge is 2.27. The molecule has 144 valence electrons. The molecule has 0 N–H and O–H groups in total. The fraction of sp³-hybridized carbons (Fsp3) is 0.579. The van der Waals surface area contributed by atoms with E-state index in [2.05, 4.69) is 54.6 Å². The summed E-state index contributed by atoms with van der Waals surface area (Å²) in [5.41, 5.74) is 1.34. The van der Waals surface area contributed by atoms with Crippen molar-refractivity contribution in [3.05, 3.63) is 30.4 Å². The molecule has 8 nitrogen and oxygen atoms in total. The molecule has 3 aromatic heterocycles. The molecule has 3 aromatic rings. The van der Waals surface area contributed by atoms with Crippen molar-refractivity contribution in [2.24, 2.45) is 0 Å². The van der Waals surface area contributed by atoms with Crippen LogP contribution in [0.15, 0.2) is 23.1 Å². The summed E-state index contributed by atoms with van der Waals surface area (Å²) in [6, 6.07) is 0. The van der Waals surface area contributed by atoms with Gasteiger partial charge in [0, 0.05) is 50.9 Å². The topological polar surface area (TPSA) is 76.1 Å². The summed E-state index contributed by atoms with van der Waals surface area (Å²) < 4.78 is 8.00. The van der Waals surface area contributed by atoms with Crippen LogP contribution in [0.5, 0.6) is 0 Å². The maximum atomic E-state index is 5.71. The number of fused-ring (bicyclic) bond motifs is 1. The van der Waals surface area contributed by atoms with Crippen LogP contribution in [-0.4, -0.2) is 63.1 Å². The van der Waals surface area contributed by atoms with Crippen LogP contribution in [0, 0.1) is 0 Å². The van der Waals surface area contributed by atoms with Gasteiger partial charge in [-0.05, 0) is 26.9 Å². The van der Waals surface area contributed by atoms with E-state index in [1.807, 2.05) is 13.1 Å². The number of hydrogen-bond donors (Lipinski definition) is 0. The Hall–Kier alpha value is -2.48. The molecule has 0 aliphatic carbocycles. The third kappa shape index (κ3) is 3.66. The van der Waals surface area contributed by atoms with E-state index in [0.717, 1.165) is 56.8 Å². The van der Waals surface area contributed by atoms with Gasteiger partial charge in [0.25, 0.3) is 5.71 Å². The number of hydrogen-bond acceptors (Lipinski definition) is 7. The van der Waals surface area contributed by atoms with Crippen molar-refractivity contribution >= 4 is 17.0 Å². The van der Waals surface area contributed by atoms with Crippen LogP contribution in [0.4, 0.5) is 5.82 Å². The molecule has 27 heavy (non-hydrogen) atoms. The fourth-order valence-electron chi connectivity index (χ4n) is 3.73. The van der Waals surface area contributed by atoms with Crippen molar-refractivity contribution in [3.8, 4) is 0 Å². The van der Waals surface area contributed by atoms with Crippen LogP contribution in [-0.2, 0) is 13.0 Å². The molecule has 1 atom stereocenters. The Morgan fingerprint density at radius 3 is 2.96 bits per heavy atom. The highest BCUT2D eigenvalue weighted by Crippen LogP contribution is 2.31. The molecule has 0 saturated carbocycles. The van der Waals surface area contributed by atoms with Gasteiger partial charge in [-0.3, -0.25) is 0 Å². The van der Waals surface area contributed by atoms with Gasteiger partial charge in [0.2, 0.25) is 0 Å². The minimum absolute atomic E-state index is 0.387. The van der Waals surface area contributed by atoms with Crippen molar-refractivity contribution in [1.82, 2.24) is 29.4 Å². The zero-order valence-electron chi connectivity index (χ0n) is 16.3. The standard InChI is InChI=1S/C19H27N7O/c1-4-15-23-16-18(21-13-22-19(16)27-15)26-8-5-6-14(12-26)17-20-7-9-25(17)11-10-24(2)3/h7,9,13-14H,4-6,8,10-12H2,1-3H3/t14-/m0/s1. The zero-order valence-corrected chi connectivity index (χ0v) is 16.3. The normalized spacial score (nSPS) is 17.9. The molecular formula is C19H27N7O. The third-order valence-electron chi connectivity index (χ3n) is 5.14. The SMILES string of the molecule is CCc1nc2c(N3CCC[C@H](c4nccn4CCN(C)C)C3)ncnc2o1. The van der Waals surface area contributed by atoms with Gasteiger partial charge in [-0.15, -0.1) is 0 Å². The molecule has 0 bridgehead atoms. The number of rotatable bonds is 6. The number of anilines is 1. The number of oxazole rings is 1. The Kier molecular flexibility index (Phi) is 5.07. The Morgan fingerprint density at radius 1 is 1.26 bits per heavy atom. The molecule has 4 heterocycles. The van der Waals surface area contributed by atoms with Crippen LogP contribution < -0.4 is 4.90 Å². The van der Waals surface area contributed by atoms with Gasteiger partial charge >= 0.3 is 0 Å². The Labute approximate surface area is 159 Å². The molecule has 1 saturated heterocycles. The van der Waals surface area contributed by atoms with Gasteiger partial charge in [-0.25, -0.2) is 15.0 Å². The minimum Gasteiger partial charge on any atom is -0.422 e.